The van der Waals surface area contributed by atoms with Crippen LogP contribution in [0, 0.1) is 5.82 Å². The zero-order valence-electron chi connectivity index (χ0n) is 18.9. The Morgan fingerprint density at radius 3 is 2.85 bits per heavy atom. The van der Waals surface area contributed by atoms with Gasteiger partial charge in [-0.3, -0.25) is 9.89 Å². The standard InChI is InChI=1S/C24H28FN5O3/c1-30(2)8-9-33-23-20(7-6-19(22(23)25)17-13-27-28-14-17)29-24(31)21-11-16-10-18(32-3)5-4-15(16)12-26-21/h4-7,10,13-14,21,26H,8-9,11-12H2,1-3H3,(H,27,28)(H,29,31)/t21-/m1/s1. The van der Waals surface area contributed by atoms with Gasteiger partial charge in [-0.25, -0.2) is 4.39 Å². The summed E-state index contributed by atoms with van der Waals surface area (Å²) >= 11 is 0. The summed E-state index contributed by atoms with van der Waals surface area (Å²) in [6.45, 7) is 1.44. The molecule has 1 atom stereocenters. The number of halogens is 1. The fourth-order valence-electron chi connectivity index (χ4n) is 3.77. The van der Waals surface area contributed by atoms with Crippen LogP contribution in [0.4, 0.5) is 10.1 Å². The number of carbonyl (C=O) groups is 1. The van der Waals surface area contributed by atoms with E-state index < -0.39 is 11.9 Å². The van der Waals surface area contributed by atoms with Crippen LogP contribution in [0.2, 0.25) is 0 Å². The molecule has 0 radical (unpaired) electrons. The molecule has 9 heteroatoms. The smallest absolute Gasteiger partial charge is 0.241 e. The van der Waals surface area contributed by atoms with Crippen molar-refractivity contribution in [2.75, 3.05) is 39.7 Å². The predicted octanol–water partition coefficient (Wildman–Crippen LogP) is 2.82. The molecule has 3 N–H and O–H groups in total. The maximum Gasteiger partial charge on any atom is 0.241 e. The molecule has 0 aliphatic carbocycles. The number of hydrogen-bond donors (Lipinski definition) is 3. The van der Waals surface area contributed by atoms with Crippen molar-refractivity contribution >= 4 is 11.6 Å². The van der Waals surface area contributed by atoms with E-state index in [2.05, 4.69) is 20.8 Å². The van der Waals surface area contributed by atoms with Gasteiger partial charge in [-0.2, -0.15) is 5.10 Å². The molecule has 3 aromatic rings. The number of rotatable bonds is 8. The Balaban J connectivity index is 1.56. The van der Waals surface area contributed by atoms with Gasteiger partial charge in [0.1, 0.15) is 12.4 Å². The van der Waals surface area contributed by atoms with Gasteiger partial charge in [-0.1, -0.05) is 6.07 Å². The van der Waals surface area contributed by atoms with Crippen molar-refractivity contribution in [1.29, 1.82) is 0 Å². The van der Waals surface area contributed by atoms with Gasteiger partial charge < -0.3 is 25.0 Å². The van der Waals surface area contributed by atoms with Gasteiger partial charge in [0.05, 0.1) is 25.0 Å². The van der Waals surface area contributed by atoms with Crippen LogP contribution in [-0.2, 0) is 17.8 Å². The van der Waals surface area contributed by atoms with E-state index in [1.165, 1.54) is 6.20 Å². The van der Waals surface area contributed by atoms with Crippen LogP contribution in [0.5, 0.6) is 11.5 Å². The van der Waals surface area contributed by atoms with Gasteiger partial charge in [-0.05, 0) is 55.9 Å². The monoisotopic (exact) mass is 453 g/mol. The third kappa shape index (κ3) is 5.15. The highest BCUT2D eigenvalue weighted by atomic mass is 19.1. The van der Waals surface area contributed by atoms with Crippen molar-refractivity contribution in [3.8, 4) is 22.6 Å². The van der Waals surface area contributed by atoms with Crippen LogP contribution < -0.4 is 20.1 Å². The zero-order chi connectivity index (χ0) is 23.4. The quantitative estimate of drug-likeness (QED) is 0.486. The van der Waals surface area contributed by atoms with Crippen LogP contribution in [0.15, 0.2) is 42.7 Å². The zero-order valence-corrected chi connectivity index (χ0v) is 18.9. The number of carbonyl (C=O) groups excluding carboxylic acids is 1. The van der Waals surface area contributed by atoms with E-state index in [0.717, 1.165) is 16.9 Å². The van der Waals surface area contributed by atoms with Gasteiger partial charge in [-0.15, -0.1) is 0 Å². The summed E-state index contributed by atoms with van der Waals surface area (Å²) in [5.41, 5.74) is 3.42. The highest BCUT2D eigenvalue weighted by molar-refractivity contribution is 5.97. The Hall–Kier alpha value is -3.43. The van der Waals surface area contributed by atoms with Crippen molar-refractivity contribution in [3.05, 3.63) is 59.7 Å². The molecule has 0 fully saturated rings. The number of nitrogens with one attached hydrogen (secondary N) is 3. The number of fused-ring (bicyclic) bond motifs is 1. The van der Waals surface area contributed by atoms with E-state index >= 15 is 4.39 Å². The second kappa shape index (κ2) is 10.0. The minimum Gasteiger partial charge on any atom is -0.497 e. The van der Waals surface area contributed by atoms with Gasteiger partial charge in [0.2, 0.25) is 5.91 Å². The highest BCUT2D eigenvalue weighted by Gasteiger charge is 2.26. The summed E-state index contributed by atoms with van der Waals surface area (Å²) in [6.07, 6.45) is 3.65. The molecule has 1 amide bonds. The number of nitrogens with zero attached hydrogens (tertiary/aromatic N) is 2. The SMILES string of the molecule is COc1ccc2c(c1)C[C@H](C(=O)Nc1ccc(-c3cn[nH]c3)c(F)c1OCCN(C)C)NC2. The van der Waals surface area contributed by atoms with Crippen LogP contribution >= 0.6 is 0 Å². The first-order chi connectivity index (χ1) is 16.0. The van der Waals surface area contributed by atoms with Crippen molar-refractivity contribution in [2.24, 2.45) is 0 Å². The first-order valence-corrected chi connectivity index (χ1v) is 10.8. The second-order valence-corrected chi connectivity index (χ2v) is 8.20. The molecule has 1 aromatic heterocycles. The van der Waals surface area contributed by atoms with Gasteiger partial charge in [0, 0.05) is 30.4 Å². The number of aromatic amines is 1. The molecule has 0 saturated carbocycles. The van der Waals surface area contributed by atoms with Gasteiger partial charge in [0.25, 0.3) is 0 Å². The van der Waals surface area contributed by atoms with E-state index in [1.807, 2.05) is 37.2 Å². The average molecular weight is 454 g/mol. The molecule has 0 spiro atoms. The van der Waals surface area contributed by atoms with Crippen molar-refractivity contribution in [3.63, 3.8) is 0 Å². The Labute approximate surface area is 192 Å². The molecule has 1 aliphatic heterocycles. The average Bonchev–Trinajstić information content (AvgIpc) is 3.34. The minimum absolute atomic E-state index is 0.0155. The Morgan fingerprint density at radius 1 is 1.27 bits per heavy atom. The van der Waals surface area contributed by atoms with E-state index in [0.29, 0.717) is 36.3 Å². The Morgan fingerprint density at radius 2 is 2.12 bits per heavy atom. The minimum atomic E-state index is -0.542. The molecule has 2 heterocycles. The third-order valence-electron chi connectivity index (χ3n) is 5.64. The van der Waals surface area contributed by atoms with E-state index in [-0.39, 0.29) is 18.3 Å². The van der Waals surface area contributed by atoms with Crippen molar-refractivity contribution in [1.82, 2.24) is 20.4 Å². The normalized spacial score (nSPS) is 15.2. The molecule has 8 nitrogen and oxygen atoms in total. The highest BCUT2D eigenvalue weighted by Crippen LogP contribution is 2.35. The summed E-state index contributed by atoms with van der Waals surface area (Å²) in [5, 5.41) is 12.7. The molecular formula is C24H28FN5O3. The lowest BCUT2D eigenvalue weighted by Gasteiger charge is -2.26. The molecule has 1 aliphatic rings. The number of aromatic nitrogens is 2. The molecule has 2 aromatic carbocycles. The molecule has 4 rings (SSSR count). The summed E-state index contributed by atoms with van der Waals surface area (Å²) in [5.74, 6) is -0.0268. The number of likely N-dealkylation sites (N-methyl/N-ethyl adjacent to an activating group) is 1. The number of hydrogen-bond acceptors (Lipinski definition) is 6. The van der Waals surface area contributed by atoms with E-state index in [9.17, 15) is 4.79 Å². The number of benzene rings is 2. The van der Waals surface area contributed by atoms with Crippen LogP contribution in [0.1, 0.15) is 11.1 Å². The number of ether oxygens (including phenoxy) is 2. The second-order valence-electron chi connectivity index (χ2n) is 8.20. The van der Waals surface area contributed by atoms with Crippen molar-refractivity contribution < 1.29 is 18.7 Å². The first-order valence-electron chi connectivity index (χ1n) is 10.8. The van der Waals surface area contributed by atoms with Crippen LogP contribution in [-0.4, -0.2) is 61.4 Å². The van der Waals surface area contributed by atoms with Gasteiger partial charge >= 0.3 is 0 Å². The lowest BCUT2D eigenvalue weighted by molar-refractivity contribution is -0.118. The lowest BCUT2D eigenvalue weighted by Crippen LogP contribution is -2.44. The lowest BCUT2D eigenvalue weighted by atomic mass is 9.95. The third-order valence-corrected chi connectivity index (χ3v) is 5.64. The number of amides is 1. The Kier molecular flexibility index (Phi) is 6.90. The van der Waals surface area contributed by atoms with Crippen LogP contribution in [0.3, 0.4) is 0 Å². The number of methoxy groups -OCH3 is 1. The van der Waals surface area contributed by atoms with Crippen molar-refractivity contribution in [2.45, 2.75) is 19.0 Å². The predicted molar refractivity (Wildman–Crippen MR) is 124 cm³/mol. The molecule has 0 saturated heterocycles. The molecule has 0 unspecified atom stereocenters. The summed E-state index contributed by atoms with van der Waals surface area (Å²) in [6, 6.07) is 8.66. The maximum atomic E-state index is 15.4. The summed E-state index contributed by atoms with van der Waals surface area (Å²) in [4.78, 5) is 15.0. The summed E-state index contributed by atoms with van der Waals surface area (Å²) in [7, 11) is 5.43. The van der Waals surface area contributed by atoms with Crippen LogP contribution in [0.25, 0.3) is 11.1 Å². The summed E-state index contributed by atoms with van der Waals surface area (Å²) < 4.78 is 26.5. The fourth-order valence-corrected chi connectivity index (χ4v) is 3.77. The first kappa shape index (κ1) is 22.8. The number of H-pyrrole nitrogens is 1. The van der Waals surface area contributed by atoms with E-state index in [4.69, 9.17) is 9.47 Å². The Bertz CT molecular complexity index is 1120. The largest absolute Gasteiger partial charge is 0.497 e. The molecule has 174 valence electrons. The molecular weight excluding hydrogens is 425 g/mol. The maximum absolute atomic E-state index is 15.4. The topological polar surface area (TPSA) is 91.5 Å². The molecule has 33 heavy (non-hydrogen) atoms. The van der Waals surface area contributed by atoms with Gasteiger partial charge in [0.15, 0.2) is 11.6 Å². The molecule has 0 bridgehead atoms. The number of anilines is 1. The van der Waals surface area contributed by atoms with E-state index in [1.54, 1.807) is 25.4 Å². The fraction of sp³-hybridized carbons (Fsp3) is 0.333.